The van der Waals surface area contributed by atoms with Crippen LogP contribution < -0.4 is 5.32 Å². The highest BCUT2D eigenvalue weighted by molar-refractivity contribution is 6.04. The number of esters is 1. The van der Waals surface area contributed by atoms with Crippen molar-refractivity contribution in [3.63, 3.8) is 0 Å². The van der Waals surface area contributed by atoms with Gasteiger partial charge in [0.15, 0.2) is 0 Å². The quantitative estimate of drug-likeness (QED) is 0.737. The predicted molar refractivity (Wildman–Crippen MR) is 94.3 cm³/mol. The van der Waals surface area contributed by atoms with Crippen LogP contribution in [-0.2, 0) is 20.9 Å². The van der Waals surface area contributed by atoms with Crippen molar-refractivity contribution in [1.29, 1.82) is 5.26 Å². The third-order valence-corrected chi connectivity index (χ3v) is 4.54. The van der Waals surface area contributed by atoms with Crippen LogP contribution in [0.5, 0.6) is 0 Å². The third kappa shape index (κ3) is 2.70. The molecule has 0 unspecified atom stereocenters. The molecule has 1 aromatic carbocycles. The summed E-state index contributed by atoms with van der Waals surface area (Å²) >= 11 is 0. The Morgan fingerprint density at radius 2 is 2.04 bits per heavy atom. The Kier molecular flexibility index (Phi) is 3.90. The molecule has 2 aromatic heterocycles. The first kappa shape index (κ1) is 15.9. The lowest BCUT2D eigenvalue weighted by atomic mass is 9.97. The highest BCUT2D eigenvalue weighted by Crippen LogP contribution is 2.34. The highest BCUT2D eigenvalue weighted by atomic mass is 16.5. The van der Waals surface area contributed by atoms with Crippen LogP contribution in [0.25, 0.3) is 5.52 Å². The van der Waals surface area contributed by atoms with Crippen LogP contribution in [0, 0.1) is 11.3 Å². The first-order chi connectivity index (χ1) is 12.7. The van der Waals surface area contributed by atoms with E-state index < -0.39 is 11.9 Å². The Bertz CT molecular complexity index is 1060. The fraction of sp³-hybridized carbons (Fsp3) is 0.150. The standard InChI is InChI=1S/C20H15N3O3/c21-10-16-13(11-23-8-4-3-7-18(16)23)12-26-19(24)9-15-14-5-1-2-6-17(14)22-20(15)25/h1-8,11,15H,9,12H2,(H,22,25)/t15-/m0/s1. The van der Waals surface area contributed by atoms with Crippen LogP contribution in [0.3, 0.4) is 0 Å². The van der Waals surface area contributed by atoms with E-state index in [-0.39, 0.29) is 18.9 Å². The van der Waals surface area contributed by atoms with Crippen molar-refractivity contribution in [2.75, 3.05) is 5.32 Å². The minimum atomic E-state index is -0.540. The van der Waals surface area contributed by atoms with Crippen LogP contribution in [0.4, 0.5) is 5.69 Å². The second-order valence-corrected chi connectivity index (χ2v) is 6.13. The van der Waals surface area contributed by atoms with Crippen LogP contribution in [-0.4, -0.2) is 16.3 Å². The lowest BCUT2D eigenvalue weighted by Gasteiger charge is -2.08. The Labute approximate surface area is 149 Å². The van der Waals surface area contributed by atoms with Crippen molar-refractivity contribution in [3.8, 4) is 6.07 Å². The Morgan fingerprint density at radius 1 is 1.23 bits per heavy atom. The van der Waals surface area contributed by atoms with Gasteiger partial charge in [0, 0.05) is 23.6 Å². The van der Waals surface area contributed by atoms with Gasteiger partial charge < -0.3 is 14.5 Å². The lowest BCUT2D eigenvalue weighted by molar-refractivity contribution is -0.146. The van der Waals surface area contributed by atoms with Crippen molar-refractivity contribution < 1.29 is 14.3 Å². The number of hydrogen-bond acceptors (Lipinski definition) is 4. The number of pyridine rings is 1. The summed E-state index contributed by atoms with van der Waals surface area (Å²) < 4.78 is 7.16. The minimum Gasteiger partial charge on any atom is -0.461 e. The number of para-hydroxylation sites is 1. The second kappa shape index (κ2) is 6.37. The van der Waals surface area contributed by atoms with Gasteiger partial charge >= 0.3 is 5.97 Å². The number of nitrogens with one attached hydrogen (secondary N) is 1. The van der Waals surface area contributed by atoms with Gasteiger partial charge in [-0.2, -0.15) is 5.26 Å². The van der Waals surface area contributed by atoms with Gasteiger partial charge in [0.25, 0.3) is 0 Å². The molecule has 3 aromatic rings. The summed E-state index contributed by atoms with van der Waals surface area (Å²) in [4.78, 5) is 24.3. The van der Waals surface area contributed by atoms with Gasteiger partial charge in [0.05, 0.1) is 23.4 Å². The number of hydrogen-bond donors (Lipinski definition) is 1. The zero-order valence-corrected chi connectivity index (χ0v) is 13.8. The van der Waals surface area contributed by atoms with Gasteiger partial charge in [-0.15, -0.1) is 0 Å². The van der Waals surface area contributed by atoms with Gasteiger partial charge in [0.2, 0.25) is 5.91 Å². The molecule has 0 fully saturated rings. The maximum atomic E-state index is 12.3. The molecule has 0 saturated heterocycles. The zero-order chi connectivity index (χ0) is 18.1. The van der Waals surface area contributed by atoms with Crippen molar-refractivity contribution in [2.24, 2.45) is 0 Å². The van der Waals surface area contributed by atoms with E-state index in [4.69, 9.17) is 4.74 Å². The molecule has 0 radical (unpaired) electrons. The first-order valence-corrected chi connectivity index (χ1v) is 8.21. The van der Waals surface area contributed by atoms with Gasteiger partial charge in [-0.25, -0.2) is 0 Å². The van der Waals surface area contributed by atoms with E-state index in [1.165, 1.54) is 0 Å². The summed E-state index contributed by atoms with van der Waals surface area (Å²) in [6, 6.07) is 15.0. The summed E-state index contributed by atoms with van der Waals surface area (Å²) in [7, 11) is 0. The number of carbonyl (C=O) groups excluding carboxylic acids is 2. The molecule has 1 N–H and O–H groups in total. The molecular weight excluding hydrogens is 330 g/mol. The number of benzene rings is 1. The minimum absolute atomic E-state index is 0.000603. The molecular formula is C20H15N3O3. The van der Waals surface area contributed by atoms with E-state index in [1.54, 1.807) is 6.20 Å². The number of rotatable bonds is 4. The number of aromatic nitrogens is 1. The SMILES string of the molecule is N#Cc1c(COC(=O)C[C@@H]2C(=O)Nc3ccccc32)cn2ccccc12. The number of fused-ring (bicyclic) bond motifs is 2. The maximum absolute atomic E-state index is 12.3. The van der Waals surface area contributed by atoms with Crippen LogP contribution >= 0.6 is 0 Å². The number of ether oxygens (including phenoxy) is 1. The van der Waals surface area contributed by atoms with Crippen molar-refractivity contribution in [3.05, 3.63) is 71.5 Å². The van der Waals surface area contributed by atoms with E-state index in [1.807, 2.05) is 53.1 Å². The normalized spacial score (nSPS) is 15.3. The number of carbonyl (C=O) groups is 2. The average molecular weight is 345 g/mol. The largest absolute Gasteiger partial charge is 0.461 e. The molecule has 0 spiro atoms. The number of nitrogens with zero attached hydrogens (tertiary/aromatic N) is 2. The molecule has 0 aliphatic carbocycles. The molecule has 6 nitrogen and oxygen atoms in total. The fourth-order valence-electron chi connectivity index (χ4n) is 3.28. The smallest absolute Gasteiger partial charge is 0.307 e. The Balaban J connectivity index is 1.47. The molecule has 0 saturated carbocycles. The zero-order valence-electron chi connectivity index (χ0n) is 13.8. The van der Waals surface area contributed by atoms with Crippen molar-refractivity contribution in [2.45, 2.75) is 18.9 Å². The molecule has 1 aliphatic rings. The molecule has 1 amide bonds. The topological polar surface area (TPSA) is 83.6 Å². The number of nitriles is 1. The van der Waals surface area contributed by atoms with Gasteiger partial charge in [-0.3, -0.25) is 9.59 Å². The molecule has 4 rings (SSSR count). The van der Waals surface area contributed by atoms with E-state index in [9.17, 15) is 14.9 Å². The molecule has 0 bridgehead atoms. The summed E-state index contributed by atoms with van der Waals surface area (Å²) in [6.07, 6.45) is 3.58. The number of anilines is 1. The van der Waals surface area contributed by atoms with E-state index in [0.29, 0.717) is 11.1 Å². The highest BCUT2D eigenvalue weighted by Gasteiger charge is 2.32. The van der Waals surface area contributed by atoms with E-state index in [2.05, 4.69) is 11.4 Å². The molecule has 26 heavy (non-hydrogen) atoms. The molecule has 1 aliphatic heterocycles. The summed E-state index contributed by atoms with van der Waals surface area (Å²) in [5.74, 6) is -1.21. The molecule has 1 atom stereocenters. The molecule has 6 heteroatoms. The average Bonchev–Trinajstić information content (AvgIpc) is 3.17. The van der Waals surface area contributed by atoms with Crippen molar-refractivity contribution in [1.82, 2.24) is 4.40 Å². The molecule has 128 valence electrons. The fourth-order valence-corrected chi connectivity index (χ4v) is 3.28. The predicted octanol–water partition coefficient (Wildman–Crippen LogP) is 2.98. The van der Waals surface area contributed by atoms with Crippen LogP contribution in [0.1, 0.15) is 29.0 Å². The number of amides is 1. The van der Waals surface area contributed by atoms with Crippen LogP contribution in [0.2, 0.25) is 0 Å². The lowest BCUT2D eigenvalue weighted by Crippen LogP contribution is -2.17. The van der Waals surface area contributed by atoms with Crippen LogP contribution in [0.15, 0.2) is 54.9 Å². The Hall–Kier alpha value is -3.59. The van der Waals surface area contributed by atoms with Gasteiger partial charge in [-0.1, -0.05) is 24.3 Å². The van der Waals surface area contributed by atoms with E-state index >= 15 is 0 Å². The van der Waals surface area contributed by atoms with Crippen molar-refractivity contribution >= 4 is 23.1 Å². The van der Waals surface area contributed by atoms with Gasteiger partial charge in [0.1, 0.15) is 12.7 Å². The third-order valence-electron chi connectivity index (χ3n) is 4.54. The van der Waals surface area contributed by atoms with Gasteiger partial charge in [-0.05, 0) is 23.8 Å². The van der Waals surface area contributed by atoms with E-state index in [0.717, 1.165) is 16.8 Å². The first-order valence-electron chi connectivity index (χ1n) is 8.21. The summed E-state index contributed by atoms with van der Waals surface area (Å²) in [5, 5.41) is 12.2. The summed E-state index contributed by atoms with van der Waals surface area (Å²) in [5.41, 5.74) is 3.44. The maximum Gasteiger partial charge on any atom is 0.307 e. The molecule has 3 heterocycles. The summed E-state index contributed by atoms with van der Waals surface area (Å²) in [6.45, 7) is -0.000603. The second-order valence-electron chi connectivity index (χ2n) is 6.13. The Morgan fingerprint density at radius 3 is 2.88 bits per heavy atom. The monoisotopic (exact) mass is 345 g/mol.